The summed E-state index contributed by atoms with van der Waals surface area (Å²) in [4.78, 5) is 37.0. The lowest BCUT2D eigenvalue weighted by atomic mass is 9.44. The minimum atomic E-state index is -2.28. The van der Waals surface area contributed by atoms with Crippen molar-refractivity contribution < 1.29 is 38.1 Å². The summed E-state index contributed by atoms with van der Waals surface area (Å²) >= 11 is 0. The number of hydrogen-bond donors (Lipinski definition) is 2. The summed E-state index contributed by atoms with van der Waals surface area (Å²) in [6.07, 6.45) is 0.273. The zero-order valence-corrected chi connectivity index (χ0v) is 18.7. The highest BCUT2D eigenvalue weighted by Gasteiger charge is 2.77. The Balaban J connectivity index is 1.89. The number of aliphatic hydroxyl groups is 2. The fraction of sp³-hybridized carbons (Fsp3) is 0.708. The minimum Gasteiger partial charge on any atom is -0.450 e. The molecule has 0 aliphatic heterocycles. The normalized spacial score (nSPS) is 49.6. The monoisotopic (exact) mass is 452 g/mol. The Kier molecular flexibility index (Phi) is 5.11. The van der Waals surface area contributed by atoms with Gasteiger partial charge in [-0.05, 0) is 49.8 Å². The highest BCUT2D eigenvalue weighted by atomic mass is 19.1. The van der Waals surface area contributed by atoms with Crippen molar-refractivity contribution in [3.8, 4) is 0 Å². The SMILES string of the molecule is CC(=O)O[C@]1(C(=O)CO)[C@@H](C)C[C@H]2[C@@H]3C[C@@H](F)C4=CC(=O)C=C[C@]4(C)[C@@]3(F)[C@@H](O)C[C@@]21C. The molecule has 6 nitrogen and oxygen atoms in total. The molecule has 32 heavy (non-hydrogen) atoms. The first-order valence-corrected chi connectivity index (χ1v) is 11.1. The predicted molar refractivity (Wildman–Crippen MR) is 110 cm³/mol. The number of ketones is 2. The summed E-state index contributed by atoms with van der Waals surface area (Å²) in [6.45, 7) is 5.16. The summed E-state index contributed by atoms with van der Waals surface area (Å²) in [5.41, 5.74) is -6.74. The first kappa shape index (κ1) is 23.2. The number of esters is 1. The van der Waals surface area contributed by atoms with Crippen molar-refractivity contribution >= 4 is 17.5 Å². The van der Waals surface area contributed by atoms with Gasteiger partial charge >= 0.3 is 5.97 Å². The second-order valence-electron chi connectivity index (χ2n) is 10.4. The van der Waals surface area contributed by atoms with Crippen molar-refractivity contribution in [2.75, 3.05) is 6.61 Å². The van der Waals surface area contributed by atoms with E-state index in [0.29, 0.717) is 0 Å². The topological polar surface area (TPSA) is 101 Å². The molecule has 2 N–H and O–H groups in total. The van der Waals surface area contributed by atoms with Crippen LogP contribution in [0.5, 0.6) is 0 Å². The number of carbonyl (C=O) groups excluding carboxylic acids is 3. The summed E-state index contributed by atoms with van der Waals surface area (Å²) in [5.74, 6) is -3.99. The summed E-state index contributed by atoms with van der Waals surface area (Å²) in [6, 6.07) is 0. The van der Waals surface area contributed by atoms with E-state index in [0.717, 1.165) is 13.0 Å². The van der Waals surface area contributed by atoms with Gasteiger partial charge in [0.2, 0.25) is 5.78 Å². The van der Waals surface area contributed by atoms with Crippen molar-refractivity contribution in [2.24, 2.45) is 28.6 Å². The molecule has 176 valence electrons. The van der Waals surface area contributed by atoms with Crippen LogP contribution in [0, 0.1) is 28.6 Å². The van der Waals surface area contributed by atoms with Gasteiger partial charge in [-0.1, -0.05) is 19.9 Å². The van der Waals surface area contributed by atoms with Crippen LogP contribution in [0.25, 0.3) is 0 Å². The molecule has 0 aromatic rings. The fourth-order valence-corrected chi connectivity index (χ4v) is 7.74. The number of hydrogen-bond acceptors (Lipinski definition) is 6. The van der Waals surface area contributed by atoms with E-state index in [2.05, 4.69) is 0 Å². The number of allylic oxidation sites excluding steroid dienone is 4. The first-order chi connectivity index (χ1) is 14.8. The van der Waals surface area contributed by atoms with Crippen LogP contribution in [0.2, 0.25) is 0 Å². The molecule has 0 bridgehead atoms. The van der Waals surface area contributed by atoms with E-state index in [1.807, 2.05) is 0 Å². The number of aliphatic hydroxyl groups excluding tert-OH is 2. The Morgan fingerprint density at radius 1 is 1.25 bits per heavy atom. The van der Waals surface area contributed by atoms with Crippen LogP contribution in [-0.4, -0.2) is 57.9 Å². The fourth-order valence-electron chi connectivity index (χ4n) is 7.74. The molecule has 0 aromatic carbocycles. The smallest absolute Gasteiger partial charge is 0.303 e. The van der Waals surface area contributed by atoms with E-state index in [9.17, 15) is 24.6 Å². The molecule has 9 atom stereocenters. The number of rotatable bonds is 3. The molecule has 0 aromatic heterocycles. The first-order valence-electron chi connectivity index (χ1n) is 11.1. The van der Waals surface area contributed by atoms with E-state index in [1.54, 1.807) is 13.8 Å². The van der Waals surface area contributed by atoms with Crippen LogP contribution >= 0.6 is 0 Å². The lowest BCUT2D eigenvalue weighted by molar-refractivity contribution is -0.231. The third-order valence-corrected chi connectivity index (χ3v) is 9.03. The Morgan fingerprint density at radius 2 is 1.91 bits per heavy atom. The average molecular weight is 452 g/mol. The third-order valence-electron chi connectivity index (χ3n) is 9.03. The molecule has 3 fully saturated rings. The van der Waals surface area contributed by atoms with Crippen LogP contribution in [0.3, 0.4) is 0 Å². The van der Waals surface area contributed by atoms with Gasteiger partial charge in [-0.2, -0.15) is 0 Å². The zero-order chi connectivity index (χ0) is 23.9. The number of Topliss-reactive ketones (excluding diaryl/α,β-unsaturated/α-hetero) is 1. The molecule has 0 saturated heterocycles. The maximum absolute atomic E-state index is 17.1. The maximum Gasteiger partial charge on any atom is 0.303 e. The van der Waals surface area contributed by atoms with Crippen molar-refractivity contribution in [3.63, 3.8) is 0 Å². The molecule has 4 rings (SSSR count). The van der Waals surface area contributed by atoms with Gasteiger partial charge in [0.1, 0.15) is 12.8 Å². The van der Waals surface area contributed by atoms with Gasteiger partial charge < -0.3 is 14.9 Å². The lowest BCUT2D eigenvalue weighted by Gasteiger charge is -2.63. The largest absolute Gasteiger partial charge is 0.450 e. The average Bonchev–Trinajstić information content (AvgIpc) is 2.92. The third kappa shape index (κ3) is 2.54. The quantitative estimate of drug-likeness (QED) is 0.638. The number of halogens is 2. The Labute approximate surface area is 185 Å². The molecule has 0 unspecified atom stereocenters. The van der Waals surface area contributed by atoms with E-state index >= 15 is 8.78 Å². The van der Waals surface area contributed by atoms with Crippen molar-refractivity contribution in [1.82, 2.24) is 0 Å². The molecular formula is C24H30F2O6. The molecule has 3 saturated carbocycles. The summed E-state index contributed by atoms with van der Waals surface area (Å²) in [5, 5.41) is 21.0. The van der Waals surface area contributed by atoms with Gasteiger partial charge in [0.05, 0.1) is 6.10 Å². The van der Waals surface area contributed by atoms with E-state index < -0.39 is 76.3 Å². The molecule has 8 heteroatoms. The number of ether oxygens (including phenoxy) is 1. The van der Waals surface area contributed by atoms with E-state index in [-0.39, 0.29) is 24.8 Å². The summed E-state index contributed by atoms with van der Waals surface area (Å²) < 4.78 is 38.1. The highest BCUT2D eigenvalue weighted by molar-refractivity contribution is 6.01. The Morgan fingerprint density at radius 3 is 2.50 bits per heavy atom. The van der Waals surface area contributed by atoms with Gasteiger partial charge in [-0.25, -0.2) is 8.78 Å². The van der Waals surface area contributed by atoms with Gasteiger partial charge in [-0.15, -0.1) is 0 Å². The van der Waals surface area contributed by atoms with Crippen molar-refractivity contribution in [3.05, 3.63) is 23.8 Å². The van der Waals surface area contributed by atoms with Crippen LogP contribution in [-0.2, 0) is 19.1 Å². The minimum absolute atomic E-state index is 0.0233. The molecule has 0 amide bonds. The van der Waals surface area contributed by atoms with Crippen LogP contribution < -0.4 is 0 Å². The number of alkyl halides is 2. The van der Waals surface area contributed by atoms with Crippen molar-refractivity contribution in [2.45, 2.75) is 70.5 Å². The van der Waals surface area contributed by atoms with Crippen LogP contribution in [0.15, 0.2) is 23.8 Å². The molecule has 4 aliphatic rings. The Hall–Kier alpha value is -1.93. The maximum atomic E-state index is 17.1. The molecular weight excluding hydrogens is 422 g/mol. The predicted octanol–water partition coefficient (Wildman–Crippen LogP) is 2.41. The molecule has 0 heterocycles. The van der Waals surface area contributed by atoms with Crippen LogP contribution in [0.1, 0.15) is 47.0 Å². The second-order valence-corrected chi connectivity index (χ2v) is 10.4. The van der Waals surface area contributed by atoms with Gasteiger partial charge in [0.15, 0.2) is 17.1 Å². The Bertz CT molecular complexity index is 945. The second kappa shape index (κ2) is 7.03. The van der Waals surface area contributed by atoms with Gasteiger partial charge in [0.25, 0.3) is 0 Å². The van der Waals surface area contributed by atoms with Crippen LogP contribution in [0.4, 0.5) is 8.78 Å². The number of carbonyl (C=O) groups is 3. The number of fused-ring (bicyclic) bond motifs is 5. The standard InChI is InChI=1S/C24H30F2O6/c1-12-7-15-16-9-18(25)17-8-14(29)5-6-21(17,3)23(16,26)19(30)10-22(15,4)24(12,20(31)11-27)32-13(2)28/h5-6,8,12,15-16,18-19,27,30H,7,9-11H2,1-4H3/t12-,15-,16-,18+,19-,21-,22-,23-,24-/m0/s1. The molecule has 0 spiro atoms. The van der Waals surface area contributed by atoms with Crippen molar-refractivity contribution in [1.29, 1.82) is 0 Å². The highest BCUT2D eigenvalue weighted by Crippen LogP contribution is 2.71. The molecule has 0 radical (unpaired) electrons. The summed E-state index contributed by atoms with van der Waals surface area (Å²) in [7, 11) is 0. The molecule has 4 aliphatic carbocycles. The van der Waals surface area contributed by atoms with E-state index in [4.69, 9.17) is 4.74 Å². The van der Waals surface area contributed by atoms with E-state index in [1.165, 1.54) is 19.1 Å². The van der Waals surface area contributed by atoms with Gasteiger partial charge in [0, 0.05) is 29.6 Å². The zero-order valence-electron chi connectivity index (χ0n) is 18.7. The van der Waals surface area contributed by atoms with Gasteiger partial charge in [-0.3, -0.25) is 14.4 Å². The lowest BCUT2D eigenvalue weighted by Crippen LogP contribution is -2.71.